The van der Waals surface area contributed by atoms with Crippen molar-refractivity contribution in [1.82, 2.24) is 19.5 Å². The second kappa shape index (κ2) is 6.56. The SMILES string of the molecule is C=Nc1ncc2nc(Nc3ccccc3F)n(C3CCOCC3)c2n1. The number of hydrogen-bond donors (Lipinski definition) is 1. The third-order valence-corrected chi connectivity index (χ3v) is 4.24. The number of para-hydroxylation sites is 1. The highest BCUT2D eigenvalue weighted by atomic mass is 19.1. The van der Waals surface area contributed by atoms with E-state index in [-0.39, 0.29) is 17.8 Å². The first kappa shape index (κ1) is 15.6. The van der Waals surface area contributed by atoms with Gasteiger partial charge in [-0.25, -0.2) is 19.4 Å². The number of ether oxygens (including phenoxy) is 1. The largest absolute Gasteiger partial charge is 0.381 e. The summed E-state index contributed by atoms with van der Waals surface area (Å²) in [5.74, 6) is 0.480. The number of nitrogens with one attached hydrogen (secondary N) is 1. The average Bonchev–Trinajstić information content (AvgIpc) is 3.01. The van der Waals surface area contributed by atoms with Gasteiger partial charge in [0.1, 0.15) is 11.3 Å². The number of rotatable bonds is 4. The number of benzene rings is 1. The minimum atomic E-state index is -0.340. The average molecular weight is 340 g/mol. The Kier molecular flexibility index (Phi) is 4.10. The van der Waals surface area contributed by atoms with Gasteiger partial charge in [0.25, 0.3) is 5.95 Å². The first-order valence-electron chi connectivity index (χ1n) is 8.07. The van der Waals surface area contributed by atoms with Gasteiger partial charge in [-0.3, -0.25) is 4.57 Å². The second-order valence-electron chi connectivity index (χ2n) is 5.79. The van der Waals surface area contributed by atoms with Crippen LogP contribution >= 0.6 is 0 Å². The van der Waals surface area contributed by atoms with E-state index in [2.05, 4.69) is 32.0 Å². The molecule has 1 aliphatic heterocycles. The van der Waals surface area contributed by atoms with Gasteiger partial charge in [0.05, 0.1) is 11.9 Å². The Morgan fingerprint density at radius 3 is 2.80 bits per heavy atom. The van der Waals surface area contributed by atoms with Gasteiger partial charge in [-0.05, 0) is 31.7 Å². The predicted molar refractivity (Wildman–Crippen MR) is 93.3 cm³/mol. The highest BCUT2D eigenvalue weighted by molar-refractivity contribution is 5.76. The van der Waals surface area contributed by atoms with Crippen molar-refractivity contribution >= 4 is 35.5 Å². The van der Waals surface area contributed by atoms with E-state index in [9.17, 15) is 4.39 Å². The molecule has 3 aromatic rings. The Morgan fingerprint density at radius 2 is 2.04 bits per heavy atom. The van der Waals surface area contributed by atoms with Crippen LogP contribution in [0.3, 0.4) is 0 Å². The van der Waals surface area contributed by atoms with E-state index in [0.29, 0.717) is 36.0 Å². The molecular weight excluding hydrogens is 323 g/mol. The molecule has 8 heteroatoms. The Labute approximate surface area is 143 Å². The quantitative estimate of drug-likeness (QED) is 0.737. The molecule has 7 nitrogen and oxygen atoms in total. The van der Waals surface area contributed by atoms with Gasteiger partial charge in [0.15, 0.2) is 5.65 Å². The fraction of sp³-hybridized carbons (Fsp3) is 0.294. The maximum absolute atomic E-state index is 14.1. The van der Waals surface area contributed by atoms with Gasteiger partial charge in [0, 0.05) is 19.3 Å². The summed E-state index contributed by atoms with van der Waals surface area (Å²) in [6.07, 6.45) is 3.27. The van der Waals surface area contributed by atoms with Gasteiger partial charge in [-0.1, -0.05) is 12.1 Å². The molecule has 0 amide bonds. The van der Waals surface area contributed by atoms with Gasteiger partial charge < -0.3 is 10.1 Å². The molecule has 0 aliphatic carbocycles. The van der Waals surface area contributed by atoms with Crippen LogP contribution in [0, 0.1) is 5.82 Å². The normalized spacial score (nSPS) is 15.4. The molecule has 1 aromatic carbocycles. The summed E-state index contributed by atoms with van der Waals surface area (Å²) in [5, 5.41) is 3.09. The molecular formula is C17H17FN6O. The molecule has 0 bridgehead atoms. The third-order valence-electron chi connectivity index (χ3n) is 4.24. The number of aliphatic imine (C=N–C) groups is 1. The summed E-state index contributed by atoms with van der Waals surface area (Å²) in [6, 6.07) is 6.65. The Bertz CT molecular complexity index is 919. The molecule has 1 aliphatic rings. The van der Waals surface area contributed by atoms with E-state index in [1.165, 1.54) is 6.07 Å². The number of fused-ring (bicyclic) bond motifs is 1. The highest BCUT2D eigenvalue weighted by Gasteiger charge is 2.23. The number of nitrogens with zero attached hydrogens (tertiary/aromatic N) is 5. The number of anilines is 2. The van der Waals surface area contributed by atoms with Crippen LogP contribution in [0.25, 0.3) is 11.2 Å². The summed E-state index contributed by atoms with van der Waals surface area (Å²) >= 11 is 0. The van der Waals surface area contributed by atoms with Crippen LogP contribution in [0.4, 0.5) is 22.0 Å². The minimum absolute atomic E-state index is 0.153. The molecule has 1 N–H and O–H groups in total. The molecule has 4 rings (SSSR count). The zero-order valence-corrected chi connectivity index (χ0v) is 13.5. The van der Waals surface area contributed by atoms with Gasteiger partial charge in [0.2, 0.25) is 5.95 Å². The van der Waals surface area contributed by atoms with E-state index in [1.807, 2.05) is 4.57 Å². The van der Waals surface area contributed by atoms with Gasteiger partial charge >= 0.3 is 0 Å². The summed E-state index contributed by atoms with van der Waals surface area (Å²) in [4.78, 5) is 16.9. The molecule has 0 atom stereocenters. The smallest absolute Gasteiger partial charge is 0.250 e. The topological polar surface area (TPSA) is 77.2 Å². The number of hydrogen-bond acceptors (Lipinski definition) is 6. The molecule has 2 aromatic heterocycles. The predicted octanol–water partition coefficient (Wildman–Crippen LogP) is 3.39. The van der Waals surface area contributed by atoms with Crippen LogP contribution in [0.15, 0.2) is 35.5 Å². The summed E-state index contributed by atoms with van der Waals surface area (Å²) in [5.41, 5.74) is 1.64. The highest BCUT2D eigenvalue weighted by Crippen LogP contribution is 2.31. The lowest BCUT2D eigenvalue weighted by Gasteiger charge is -2.25. The molecule has 0 saturated carbocycles. The zero-order chi connectivity index (χ0) is 17.2. The van der Waals surface area contributed by atoms with E-state index < -0.39 is 0 Å². The minimum Gasteiger partial charge on any atom is -0.381 e. The van der Waals surface area contributed by atoms with Crippen LogP contribution in [0.1, 0.15) is 18.9 Å². The Morgan fingerprint density at radius 1 is 1.24 bits per heavy atom. The molecule has 25 heavy (non-hydrogen) atoms. The van der Waals surface area contributed by atoms with E-state index in [4.69, 9.17) is 4.74 Å². The molecule has 128 valence electrons. The van der Waals surface area contributed by atoms with Crippen molar-refractivity contribution in [2.45, 2.75) is 18.9 Å². The number of imidazole rings is 1. The van der Waals surface area contributed by atoms with Crippen LogP contribution in [-0.2, 0) is 4.74 Å². The molecule has 3 heterocycles. The van der Waals surface area contributed by atoms with Crippen LogP contribution in [0.5, 0.6) is 0 Å². The summed E-state index contributed by atoms with van der Waals surface area (Å²) in [7, 11) is 0. The Hall–Kier alpha value is -2.87. The van der Waals surface area contributed by atoms with Crippen molar-refractivity contribution in [3.05, 3.63) is 36.3 Å². The molecule has 0 radical (unpaired) electrons. The fourth-order valence-corrected chi connectivity index (χ4v) is 3.02. The monoisotopic (exact) mass is 340 g/mol. The van der Waals surface area contributed by atoms with Crippen molar-refractivity contribution in [1.29, 1.82) is 0 Å². The van der Waals surface area contributed by atoms with Gasteiger partial charge in [-0.2, -0.15) is 4.98 Å². The second-order valence-corrected chi connectivity index (χ2v) is 5.79. The maximum atomic E-state index is 14.1. The Balaban J connectivity index is 1.84. The third kappa shape index (κ3) is 2.96. The van der Waals surface area contributed by atoms with Gasteiger partial charge in [-0.15, -0.1) is 0 Å². The van der Waals surface area contributed by atoms with E-state index >= 15 is 0 Å². The van der Waals surface area contributed by atoms with E-state index in [0.717, 1.165) is 12.8 Å². The van der Waals surface area contributed by atoms with Crippen LogP contribution in [-0.4, -0.2) is 39.5 Å². The van der Waals surface area contributed by atoms with Crippen molar-refractivity contribution in [3.8, 4) is 0 Å². The standard InChI is InChI=1S/C17H17FN6O/c1-19-16-20-10-14-15(23-16)24(11-6-8-25-9-7-11)17(22-14)21-13-5-3-2-4-12(13)18/h2-5,10-11H,1,6-9H2,(H,21,22). The van der Waals surface area contributed by atoms with Crippen molar-refractivity contribution < 1.29 is 9.13 Å². The van der Waals surface area contributed by atoms with Crippen molar-refractivity contribution in [2.24, 2.45) is 4.99 Å². The fourth-order valence-electron chi connectivity index (χ4n) is 3.02. The molecule has 1 saturated heterocycles. The lowest BCUT2D eigenvalue weighted by Crippen LogP contribution is -2.21. The number of halogens is 1. The first-order chi connectivity index (χ1) is 12.3. The first-order valence-corrected chi connectivity index (χ1v) is 8.07. The van der Waals surface area contributed by atoms with E-state index in [1.54, 1.807) is 24.4 Å². The summed E-state index contributed by atoms with van der Waals surface area (Å²) in [6.45, 7) is 4.81. The lowest BCUT2D eigenvalue weighted by molar-refractivity contribution is 0.0710. The molecule has 1 fully saturated rings. The summed E-state index contributed by atoms with van der Waals surface area (Å²) < 4.78 is 21.5. The number of aromatic nitrogens is 4. The zero-order valence-electron chi connectivity index (χ0n) is 13.5. The molecule has 0 spiro atoms. The maximum Gasteiger partial charge on any atom is 0.250 e. The van der Waals surface area contributed by atoms with Crippen molar-refractivity contribution in [2.75, 3.05) is 18.5 Å². The van der Waals surface area contributed by atoms with Crippen LogP contribution in [0.2, 0.25) is 0 Å². The van der Waals surface area contributed by atoms with Crippen LogP contribution < -0.4 is 5.32 Å². The van der Waals surface area contributed by atoms with Crippen molar-refractivity contribution in [3.63, 3.8) is 0 Å². The lowest BCUT2D eigenvalue weighted by atomic mass is 10.1. The molecule has 0 unspecified atom stereocenters.